The zero-order chi connectivity index (χ0) is 13.5. The summed E-state index contributed by atoms with van der Waals surface area (Å²) >= 11 is 1.90. The fourth-order valence-corrected chi connectivity index (χ4v) is 1.84. The lowest BCUT2D eigenvalue weighted by atomic mass is 9.99. The van der Waals surface area contributed by atoms with Gasteiger partial charge in [0.05, 0.1) is 0 Å². The summed E-state index contributed by atoms with van der Waals surface area (Å²) in [6.45, 7) is 6.45. The van der Waals surface area contributed by atoms with Gasteiger partial charge in [0, 0.05) is 6.54 Å². The molecular weight excluding hydrogens is 343 g/mol. The van der Waals surface area contributed by atoms with Crippen LogP contribution in [-0.4, -0.2) is 17.5 Å². The van der Waals surface area contributed by atoms with Crippen LogP contribution < -0.4 is 5.32 Å². The molecule has 0 bridgehead atoms. The third-order valence-corrected chi connectivity index (χ3v) is 3.19. The van der Waals surface area contributed by atoms with E-state index in [4.69, 9.17) is 0 Å². The predicted molar refractivity (Wildman–Crippen MR) is 81.8 cm³/mol. The first-order valence-corrected chi connectivity index (χ1v) is 6.90. The summed E-state index contributed by atoms with van der Waals surface area (Å²) in [5.74, 6) is -0.298. The zero-order valence-electron chi connectivity index (χ0n) is 10.3. The van der Waals surface area contributed by atoms with Crippen LogP contribution in [0.1, 0.15) is 17.5 Å². The molecule has 0 unspecified atom stereocenters. The van der Waals surface area contributed by atoms with Crippen molar-refractivity contribution >= 4 is 33.3 Å². The van der Waals surface area contributed by atoms with Crippen molar-refractivity contribution in [3.8, 4) is 0 Å². The maximum atomic E-state index is 12.9. The minimum Gasteiger partial charge on any atom is -0.364 e. The third-order valence-electron chi connectivity index (χ3n) is 2.62. The van der Waals surface area contributed by atoms with E-state index in [1.54, 1.807) is 6.07 Å². The largest absolute Gasteiger partial charge is 0.364 e. The minimum atomic E-state index is -0.216. The lowest BCUT2D eigenvalue weighted by Crippen LogP contribution is -2.25. The van der Waals surface area contributed by atoms with E-state index in [2.05, 4.69) is 11.9 Å². The van der Waals surface area contributed by atoms with Crippen molar-refractivity contribution in [3.05, 3.63) is 47.3 Å². The Bertz CT molecular complexity index is 451. The summed E-state index contributed by atoms with van der Waals surface area (Å²) in [4.78, 5) is 11.0. The molecule has 0 aliphatic rings. The summed E-state index contributed by atoms with van der Waals surface area (Å²) in [5.41, 5.74) is 3.03. The first kappa shape index (κ1) is 15.2. The van der Waals surface area contributed by atoms with Gasteiger partial charge in [0.25, 0.3) is 0 Å². The van der Waals surface area contributed by atoms with Crippen molar-refractivity contribution in [2.45, 2.75) is 19.8 Å². The SMILES string of the molecule is C=C(CCNC(=O)[B]I)Cc1ccc(F)cc1C. The minimum absolute atomic E-state index is 0.0821. The number of carbonyl (C=O) groups excluding carboxylic acids is 1. The lowest BCUT2D eigenvalue weighted by molar-refractivity contribution is 0.259. The Morgan fingerprint density at radius 1 is 1.56 bits per heavy atom. The van der Waals surface area contributed by atoms with Crippen LogP contribution in [0, 0.1) is 12.7 Å². The number of rotatable bonds is 6. The number of halogens is 2. The van der Waals surface area contributed by atoms with E-state index >= 15 is 0 Å². The molecule has 0 aliphatic heterocycles. The van der Waals surface area contributed by atoms with Gasteiger partial charge in [-0.05, 0) is 43.0 Å². The number of hydrogen-bond acceptors (Lipinski definition) is 1. The normalized spacial score (nSPS) is 9.94. The highest BCUT2D eigenvalue weighted by molar-refractivity contribution is 14.1. The van der Waals surface area contributed by atoms with Gasteiger partial charge >= 0.3 is 5.14 Å². The third kappa shape index (κ3) is 5.20. The van der Waals surface area contributed by atoms with Gasteiger partial charge in [0.2, 0.25) is 0 Å². The highest BCUT2D eigenvalue weighted by atomic mass is 127. The monoisotopic (exact) mass is 358 g/mol. The Balaban J connectivity index is 2.42. The molecule has 0 saturated carbocycles. The Morgan fingerprint density at radius 2 is 2.28 bits per heavy atom. The van der Waals surface area contributed by atoms with Crippen LogP contribution in [0.2, 0.25) is 0 Å². The van der Waals surface area contributed by atoms with Crippen molar-refractivity contribution in [2.75, 3.05) is 6.54 Å². The molecular formula is C13H15BFINO. The molecule has 0 aromatic heterocycles. The van der Waals surface area contributed by atoms with Gasteiger partial charge in [0.15, 0.2) is 5.81 Å². The summed E-state index contributed by atoms with van der Waals surface area (Å²) < 4.78 is 12.9. The average Bonchev–Trinajstić information content (AvgIpc) is 2.32. The van der Waals surface area contributed by atoms with Gasteiger partial charge in [-0.3, -0.25) is 4.79 Å². The lowest BCUT2D eigenvalue weighted by Gasteiger charge is -2.09. The topological polar surface area (TPSA) is 29.1 Å². The zero-order valence-corrected chi connectivity index (χ0v) is 12.5. The highest BCUT2D eigenvalue weighted by Crippen LogP contribution is 2.15. The molecule has 1 N–H and O–H groups in total. The fraction of sp³-hybridized carbons (Fsp3) is 0.308. The van der Waals surface area contributed by atoms with Crippen molar-refractivity contribution in [1.82, 2.24) is 5.32 Å². The second-order valence-corrected chi connectivity index (χ2v) is 4.77. The van der Waals surface area contributed by atoms with Crippen LogP contribution in [0.25, 0.3) is 0 Å². The summed E-state index contributed by atoms with van der Waals surface area (Å²) in [5, 5.41) is 4.21. The molecule has 18 heavy (non-hydrogen) atoms. The van der Waals surface area contributed by atoms with E-state index in [0.29, 0.717) is 6.54 Å². The van der Waals surface area contributed by atoms with Crippen molar-refractivity contribution in [2.24, 2.45) is 0 Å². The molecule has 1 aromatic rings. The maximum absolute atomic E-state index is 12.9. The molecule has 1 aromatic carbocycles. The quantitative estimate of drug-likeness (QED) is 0.472. The van der Waals surface area contributed by atoms with E-state index in [9.17, 15) is 9.18 Å². The van der Waals surface area contributed by atoms with E-state index in [0.717, 1.165) is 29.5 Å². The van der Waals surface area contributed by atoms with Gasteiger partial charge in [0.1, 0.15) is 5.82 Å². The smallest absolute Gasteiger partial charge is 0.317 e. The van der Waals surface area contributed by atoms with Crippen LogP contribution in [0.3, 0.4) is 0 Å². The summed E-state index contributed by atoms with van der Waals surface area (Å²) in [6.07, 6.45) is 1.45. The Morgan fingerprint density at radius 3 is 2.89 bits per heavy atom. The maximum Gasteiger partial charge on any atom is 0.317 e. The predicted octanol–water partition coefficient (Wildman–Crippen LogP) is 3.39. The van der Waals surface area contributed by atoms with E-state index in [1.807, 2.05) is 29.3 Å². The van der Waals surface area contributed by atoms with Crippen LogP contribution in [0.5, 0.6) is 0 Å². The van der Waals surface area contributed by atoms with Gasteiger partial charge in [-0.25, -0.2) is 4.39 Å². The molecule has 0 heterocycles. The van der Waals surface area contributed by atoms with E-state index in [1.165, 1.54) is 17.3 Å². The van der Waals surface area contributed by atoms with Crippen molar-refractivity contribution in [1.29, 1.82) is 0 Å². The van der Waals surface area contributed by atoms with Gasteiger partial charge < -0.3 is 5.32 Å². The molecule has 0 aliphatic carbocycles. The second-order valence-electron chi connectivity index (χ2n) is 4.15. The van der Waals surface area contributed by atoms with Crippen LogP contribution >= 0.6 is 22.4 Å². The summed E-state index contributed by atoms with van der Waals surface area (Å²) in [6, 6.07) is 4.77. The molecule has 0 fully saturated rings. The first-order valence-electron chi connectivity index (χ1n) is 5.66. The first-order chi connectivity index (χ1) is 8.52. The molecule has 1 radical (unpaired) electrons. The molecule has 1 rings (SSSR count). The molecule has 0 spiro atoms. The van der Waals surface area contributed by atoms with Gasteiger partial charge in [-0.15, -0.1) is 22.4 Å². The number of amides is 1. The Labute approximate surface area is 121 Å². The highest BCUT2D eigenvalue weighted by Gasteiger charge is 2.04. The molecule has 95 valence electrons. The van der Waals surface area contributed by atoms with Gasteiger partial charge in [-0.1, -0.05) is 18.2 Å². The van der Waals surface area contributed by atoms with Crippen LogP contribution in [-0.2, 0) is 6.42 Å². The average molecular weight is 358 g/mol. The van der Waals surface area contributed by atoms with Crippen molar-refractivity contribution < 1.29 is 9.18 Å². The molecule has 0 saturated heterocycles. The van der Waals surface area contributed by atoms with E-state index < -0.39 is 0 Å². The van der Waals surface area contributed by atoms with Crippen LogP contribution in [0.4, 0.5) is 9.18 Å². The Kier molecular flexibility index (Phi) is 6.39. The molecule has 1 amide bonds. The Hall–Kier alpha value is -0.845. The molecule has 5 heteroatoms. The summed E-state index contributed by atoms with van der Waals surface area (Å²) in [7, 11) is 0. The number of aryl methyl sites for hydroxylation is 1. The van der Waals surface area contributed by atoms with Crippen molar-refractivity contribution in [3.63, 3.8) is 0 Å². The second kappa shape index (κ2) is 7.56. The number of benzene rings is 1. The van der Waals surface area contributed by atoms with Gasteiger partial charge in [-0.2, -0.15) is 0 Å². The van der Waals surface area contributed by atoms with Crippen LogP contribution in [0.15, 0.2) is 30.4 Å². The fourth-order valence-electron chi connectivity index (χ4n) is 1.62. The standard InChI is InChI=1S/C13H15BFINO/c1-9(5-6-17-13(18)14-16)7-11-3-4-12(15)8-10(11)2/h3-4,8H,1,5-7H2,2H3,(H,17,18). The number of hydrogen-bond donors (Lipinski definition) is 1. The number of carbonyl (C=O) groups is 1. The number of nitrogens with one attached hydrogen (secondary N) is 1. The molecule has 0 atom stereocenters. The molecule has 2 nitrogen and oxygen atoms in total. The van der Waals surface area contributed by atoms with E-state index in [-0.39, 0.29) is 11.6 Å².